The van der Waals surface area contributed by atoms with E-state index in [9.17, 15) is 4.79 Å². The molecule has 0 radical (unpaired) electrons. The number of carbonyl (C=O) groups is 1. The molecule has 0 fully saturated rings. The fourth-order valence-corrected chi connectivity index (χ4v) is 5.79. The highest BCUT2D eigenvalue weighted by molar-refractivity contribution is 9.10. The van der Waals surface area contributed by atoms with Crippen molar-refractivity contribution in [3.05, 3.63) is 99.7 Å². The van der Waals surface area contributed by atoms with Crippen LogP contribution < -0.4 is 4.74 Å². The van der Waals surface area contributed by atoms with Crippen molar-refractivity contribution in [1.82, 2.24) is 4.98 Å². The minimum atomic E-state index is -0.198. The standard InChI is InChI=1S/C29H24BrNO2/c1-29(2)15-22(32)27-24(16-29)33-23-13-12-18(30)14-20(23)25(27)26-19-10-6-7-11-21(19)31-28(26)17-8-4-3-5-9-17/h3-14,25,31H,15-16H2,1-2H3. The van der Waals surface area contributed by atoms with Crippen LogP contribution in [0.4, 0.5) is 0 Å². The van der Waals surface area contributed by atoms with Crippen LogP contribution in [0.5, 0.6) is 5.75 Å². The Morgan fingerprint density at radius 1 is 0.970 bits per heavy atom. The predicted octanol–water partition coefficient (Wildman–Crippen LogP) is 7.76. The van der Waals surface area contributed by atoms with E-state index in [1.807, 2.05) is 24.3 Å². The van der Waals surface area contributed by atoms with Crippen LogP contribution in [-0.2, 0) is 4.79 Å². The average Bonchev–Trinajstić information content (AvgIpc) is 3.17. The zero-order valence-corrected chi connectivity index (χ0v) is 20.2. The number of fused-ring (bicyclic) bond motifs is 2. The molecule has 1 aliphatic carbocycles. The van der Waals surface area contributed by atoms with Gasteiger partial charge in [-0.15, -0.1) is 0 Å². The van der Waals surface area contributed by atoms with Crippen LogP contribution in [0.15, 0.2) is 88.6 Å². The number of hydrogen-bond donors (Lipinski definition) is 1. The lowest BCUT2D eigenvalue weighted by Crippen LogP contribution is -2.33. The van der Waals surface area contributed by atoms with E-state index in [1.165, 1.54) is 0 Å². The summed E-state index contributed by atoms with van der Waals surface area (Å²) in [5.41, 5.74) is 6.09. The van der Waals surface area contributed by atoms with Gasteiger partial charge in [0.1, 0.15) is 11.5 Å². The molecule has 33 heavy (non-hydrogen) atoms. The molecule has 164 valence electrons. The summed E-state index contributed by atoms with van der Waals surface area (Å²) in [5, 5.41) is 1.14. The third kappa shape index (κ3) is 3.36. The Kier molecular flexibility index (Phi) is 4.63. The molecule has 2 aliphatic rings. The lowest BCUT2D eigenvalue weighted by Gasteiger charge is -2.38. The van der Waals surface area contributed by atoms with E-state index in [-0.39, 0.29) is 17.1 Å². The highest BCUT2D eigenvalue weighted by Crippen LogP contribution is 2.53. The Balaban J connectivity index is 1.70. The summed E-state index contributed by atoms with van der Waals surface area (Å²) in [4.78, 5) is 17.3. The van der Waals surface area contributed by atoms with Gasteiger partial charge in [-0.05, 0) is 40.8 Å². The molecule has 1 unspecified atom stereocenters. The molecular formula is C29H24BrNO2. The van der Waals surface area contributed by atoms with Gasteiger partial charge in [0, 0.05) is 45.3 Å². The topological polar surface area (TPSA) is 42.1 Å². The van der Waals surface area contributed by atoms with E-state index in [4.69, 9.17) is 4.74 Å². The summed E-state index contributed by atoms with van der Waals surface area (Å²) in [6.45, 7) is 4.29. The molecule has 1 aromatic heterocycles. The minimum Gasteiger partial charge on any atom is -0.461 e. The van der Waals surface area contributed by atoms with Crippen molar-refractivity contribution in [1.29, 1.82) is 0 Å². The zero-order chi connectivity index (χ0) is 22.7. The highest BCUT2D eigenvalue weighted by atomic mass is 79.9. The molecular weight excluding hydrogens is 474 g/mol. The lowest BCUT2D eigenvalue weighted by molar-refractivity contribution is -0.118. The van der Waals surface area contributed by atoms with Crippen LogP contribution in [0.2, 0.25) is 0 Å². The number of halogens is 1. The molecule has 0 saturated heterocycles. The van der Waals surface area contributed by atoms with Crippen molar-refractivity contribution >= 4 is 32.6 Å². The van der Waals surface area contributed by atoms with Gasteiger partial charge in [-0.25, -0.2) is 0 Å². The fourth-order valence-electron chi connectivity index (χ4n) is 5.41. The summed E-state index contributed by atoms with van der Waals surface area (Å²) in [6.07, 6.45) is 1.28. The van der Waals surface area contributed by atoms with Gasteiger partial charge in [0.15, 0.2) is 5.78 Å². The second-order valence-corrected chi connectivity index (χ2v) is 10.7. The SMILES string of the molecule is CC1(C)CC(=O)C2=C(C1)Oc1ccc(Br)cc1C2c1c(-c2ccccc2)[nH]c2ccccc12. The van der Waals surface area contributed by atoms with E-state index in [0.29, 0.717) is 6.42 Å². The molecule has 3 nitrogen and oxygen atoms in total. The number of aromatic nitrogens is 1. The number of ether oxygens (including phenoxy) is 1. The van der Waals surface area contributed by atoms with Gasteiger partial charge in [0.2, 0.25) is 0 Å². The molecule has 1 aliphatic heterocycles. The van der Waals surface area contributed by atoms with Crippen LogP contribution in [-0.4, -0.2) is 10.8 Å². The molecule has 0 saturated carbocycles. The van der Waals surface area contributed by atoms with E-state index < -0.39 is 0 Å². The Morgan fingerprint density at radius 3 is 2.55 bits per heavy atom. The number of ketones is 1. The average molecular weight is 498 g/mol. The zero-order valence-electron chi connectivity index (χ0n) is 18.6. The minimum absolute atomic E-state index is 0.115. The predicted molar refractivity (Wildman–Crippen MR) is 135 cm³/mol. The summed E-state index contributed by atoms with van der Waals surface area (Å²) < 4.78 is 7.39. The van der Waals surface area contributed by atoms with E-state index in [0.717, 1.165) is 61.3 Å². The molecule has 0 spiro atoms. The third-order valence-electron chi connectivity index (χ3n) is 6.78. The first-order valence-electron chi connectivity index (χ1n) is 11.3. The molecule has 1 atom stereocenters. The number of Topliss-reactive ketones (excluding diaryl/α,β-unsaturated/α-hetero) is 1. The maximum absolute atomic E-state index is 13.7. The van der Waals surface area contributed by atoms with Crippen LogP contribution in [0.3, 0.4) is 0 Å². The molecule has 0 bridgehead atoms. The van der Waals surface area contributed by atoms with E-state index >= 15 is 0 Å². The molecule has 4 aromatic rings. The number of aromatic amines is 1. The molecule has 3 aromatic carbocycles. The summed E-state index contributed by atoms with van der Waals surface area (Å²) in [6, 6.07) is 24.9. The fraction of sp³-hybridized carbons (Fsp3) is 0.207. The number of carbonyl (C=O) groups excluding carboxylic acids is 1. The van der Waals surface area contributed by atoms with Crippen LogP contribution in [0.25, 0.3) is 22.2 Å². The normalized spacial score (nSPS) is 19.2. The Labute approximate surface area is 201 Å². The first kappa shape index (κ1) is 20.5. The van der Waals surface area contributed by atoms with Gasteiger partial charge in [-0.1, -0.05) is 78.3 Å². The van der Waals surface area contributed by atoms with Crippen molar-refractivity contribution in [3.63, 3.8) is 0 Å². The third-order valence-corrected chi connectivity index (χ3v) is 7.27. The number of nitrogens with one attached hydrogen (secondary N) is 1. The molecule has 1 N–H and O–H groups in total. The maximum atomic E-state index is 13.7. The number of H-pyrrole nitrogens is 1. The summed E-state index contributed by atoms with van der Waals surface area (Å²) in [5.74, 6) is 1.63. The van der Waals surface area contributed by atoms with Crippen molar-refractivity contribution in [2.24, 2.45) is 5.41 Å². The van der Waals surface area contributed by atoms with Crippen LogP contribution in [0, 0.1) is 5.41 Å². The van der Waals surface area contributed by atoms with E-state index in [2.05, 4.69) is 83.3 Å². The maximum Gasteiger partial charge on any atom is 0.163 e. The monoisotopic (exact) mass is 497 g/mol. The smallest absolute Gasteiger partial charge is 0.163 e. The second-order valence-electron chi connectivity index (χ2n) is 9.82. The number of hydrogen-bond acceptors (Lipinski definition) is 2. The second kappa shape index (κ2) is 7.46. The lowest BCUT2D eigenvalue weighted by atomic mass is 9.69. The van der Waals surface area contributed by atoms with Gasteiger partial charge in [-0.3, -0.25) is 4.79 Å². The van der Waals surface area contributed by atoms with Crippen LogP contribution >= 0.6 is 15.9 Å². The first-order valence-corrected chi connectivity index (χ1v) is 12.1. The Morgan fingerprint density at radius 2 is 1.73 bits per heavy atom. The van der Waals surface area contributed by atoms with E-state index in [1.54, 1.807) is 0 Å². The molecule has 0 amide bonds. The number of para-hydroxylation sites is 1. The number of benzene rings is 3. The Hall–Kier alpha value is -3.11. The van der Waals surface area contributed by atoms with Crippen molar-refractivity contribution in [3.8, 4) is 17.0 Å². The quantitative estimate of drug-likeness (QED) is 0.307. The van der Waals surface area contributed by atoms with Crippen LogP contribution in [0.1, 0.15) is 43.7 Å². The molecule has 6 rings (SSSR count). The van der Waals surface area contributed by atoms with Gasteiger partial charge in [0.05, 0.1) is 5.69 Å². The van der Waals surface area contributed by atoms with Crippen molar-refractivity contribution < 1.29 is 9.53 Å². The number of allylic oxidation sites excluding steroid dienone is 2. The molecule has 4 heteroatoms. The van der Waals surface area contributed by atoms with Gasteiger partial charge in [-0.2, -0.15) is 0 Å². The highest BCUT2D eigenvalue weighted by Gasteiger charge is 2.43. The van der Waals surface area contributed by atoms with Gasteiger partial charge in [0.25, 0.3) is 0 Å². The summed E-state index contributed by atoms with van der Waals surface area (Å²) in [7, 11) is 0. The summed E-state index contributed by atoms with van der Waals surface area (Å²) >= 11 is 3.65. The molecule has 2 heterocycles. The van der Waals surface area contributed by atoms with Gasteiger partial charge >= 0.3 is 0 Å². The Bertz CT molecular complexity index is 1450. The number of rotatable bonds is 2. The van der Waals surface area contributed by atoms with Crippen molar-refractivity contribution in [2.75, 3.05) is 0 Å². The van der Waals surface area contributed by atoms with Crippen molar-refractivity contribution in [2.45, 2.75) is 32.6 Å². The first-order chi connectivity index (χ1) is 15.9. The van der Waals surface area contributed by atoms with Gasteiger partial charge < -0.3 is 9.72 Å². The largest absolute Gasteiger partial charge is 0.461 e.